The number of aliphatic carboxylic acids is 1. The van der Waals surface area contributed by atoms with Crippen LogP contribution in [0.4, 0.5) is 4.79 Å². The summed E-state index contributed by atoms with van der Waals surface area (Å²) in [7, 11) is 0. The van der Waals surface area contributed by atoms with Crippen LogP contribution in [0.15, 0.2) is 0 Å². The van der Waals surface area contributed by atoms with Crippen LogP contribution >= 0.6 is 0 Å². The summed E-state index contributed by atoms with van der Waals surface area (Å²) in [6.45, 7) is 7.51. The van der Waals surface area contributed by atoms with Gasteiger partial charge < -0.3 is 21.1 Å². The monoisotopic (exact) mass is 273 g/mol. The van der Waals surface area contributed by atoms with Crippen molar-refractivity contribution in [1.82, 2.24) is 16.0 Å². The first kappa shape index (κ1) is 17.2. The third kappa shape index (κ3) is 7.28. The molecule has 0 heterocycles. The van der Waals surface area contributed by atoms with Crippen LogP contribution in [-0.2, 0) is 9.59 Å². The molecule has 0 aromatic carbocycles. The van der Waals surface area contributed by atoms with E-state index < -0.39 is 24.1 Å². The van der Waals surface area contributed by atoms with Gasteiger partial charge in [0, 0.05) is 6.54 Å². The Morgan fingerprint density at radius 3 is 2.11 bits per heavy atom. The summed E-state index contributed by atoms with van der Waals surface area (Å²) >= 11 is 0. The number of hydrogen-bond donors (Lipinski definition) is 4. The Kier molecular flexibility index (Phi) is 7.55. The van der Waals surface area contributed by atoms with E-state index >= 15 is 0 Å². The van der Waals surface area contributed by atoms with Gasteiger partial charge in [0.1, 0.15) is 12.1 Å². The zero-order valence-electron chi connectivity index (χ0n) is 11.8. The van der Waals surface area contributed by atoms with Gasteiger partial charge in [0.2, 0.25) is 5.91 Å². The average Bonchev–Trinajstić information content (AvgIpc) is 2.27. The van der Waals surface area contributed by atoms with Crippen LogP contribution in [0.1, 0.15) is 34.1 Å². The molecular formula is C12H23N3O4. The van der Waals surface area contributed by atoms with E-state index in [4.69, 9.17) is 5.11 Å². The number of rotatable bonds is 7. The van der Waals surface area contributed by atoms with Crippen molar-refractivity contribution in [3.63, 3.8) is 0 Å². The van der Waals surface area contributed by atoms with Crippen molar-refractivity contribution < 1.29 is 19.5 Å². The number of amides is 3. The summed E-state index contributed by atoms with van der Waals surface area (Å²) in [6, 6.07) is -2.33. The Hall–Kier alpha value is -1.79. The highest BCUT2D eigenvalue weighted by Gasteiger charge is 2.22. The van der Waals surface area contributed by atoms with E-state index in [9.17, 15) is 14.4 Å². The topological polar surface area (TPSA) is 108 Å². The number of carboxylic acid groups (broad SMARTS) is 1. The molecule has 0 fully saturated rings. The highest BCUT2D eigenvalue weighted by atomic mass is 16.4. The van der Waals surface area contributed by atoms with Gasteiger partial charge in [0.25, 0.3) is 0 Å². The lowest BCUT2D eigenvalue weighted by Crippen LogP contribution is -2.52. The molecule has 0 saturated heterocycles. The third-order valence-corrected chi connectivity index (χ3v) is 2.40. The molecule has 19 heavy (non-hydrogen) atoms. The first-order valence-electron chi connectivity index (χ1n) is 6.35. The van der Waals surface area contributed by atoms with Gasteiger partial charge in [-0.1, -0.05) is 13.8 Å². The molecule has 4 N–H and O–H groups in total. The maximum absolute atomic E-state index is 11.6. The molecule has 0 rings (SSSR count). The van der Waals surface area contributed by atoms with Crippen molar-refractivity contribution in [2.75, 3.05) is 6.54 Å². The minimum absolute atomic E-state index is 0.141. The quantitative estimate of drug-likeness (QED) is 0.535. The second kappa shape index (κ2) is 8.34. The first-order chi connectivity index (χ1) is 8.77. The molecule has 7 nitrogen and oxygen atoms in total. The SMILES string of the molecule is CCNC(=O)C(C)NC(=O)N[C@@H](CC(C)C)C(=O)O. The molecule has 0 saturated carbocycles. The van der Waals surface area contributed by atoms with Crippen LogP contribution in [0.2, 0.25) is 0 Å². The molecule has 0 aliphatic heterocycles. The largest absolute Gasteiger partial charge is 0.480 e. The molecule has 0 aromatic rings. The van der Waals surface area contributed by atoms with E-state index in [0.717, 1.165) is 0 Å². The maximum Gasteiger partial charge on any atom is 0.326 e. The van der Waals surface area contributed by atoms with Gasteiger partial charge in [-0.2, -0.15) is 0 Å². The van der Waals surface area contributed by atoms with Crippen LogP contribution in [-0.4, -0.2) is 41.6 Å². The maximum atomic E-state index is 11.6. The van der Waals surface area contributed by atoms with E-state index in [1.165, 1.54) is 6.92 Å². The van der Waals surface area contributed by atoms with Crippen molar-refractivity contribution in [2.45, 2.75) is 46.2 Å². The van der Waals surface area contributed by atoms with E-state index in [-0.39, 0.29) is 11.8 Å². The van der Waals surface area contributed by atoms with Crippen LogP contribution < -0.4 is 16.0 Å². The van der Waals surface area contributed by atoms with Gasteiger partial charge in [-0.05, 0) is 26.2 Å². The Labute approximate surface area is 113 Å². The molecule has 0 bridgehead atoms. The lowest BCUT2D eigenvalue weighted by molar-refractivity contribution is -0.139. The molecule has 0 aliphatic carbocycles. The molecule has 110 valence electrons. The Balaban J connectivity index is 4.34. The number of urea groups is 1. The van der Waals surface area contributed by atoms with Crippen LogP contribution in [0.3, 0.4) is 0 Å². The second-order valence-electron chi connectivity index (χ2n) is 4.75. The standard InChI is InChI=1S/C12H23N3O4/c1-5-13-10(16)8(4)14-12(19)15-9(11(17)18)6-7(2)3/h7-9H,5-6H2,1-4H3,(H,13,16)(H,17,18)(H2,14,15,19)/t8?,9-/m0/s1. The summed E-state index contributed by atoms with van der Waals surface area (Å²) in [5.41, 5.74) is 0. The molecule has 2 atom stereocenters. The minimum atomic E-state index is -1.09. The van der Waals surface area contributed by atoms with Gasteiger partial charge in [-0.25, -0.2) is 9.59 Å². The van der Waals surface area contributed by atoms with E-state index in [1.54, 1.807) is 6.92 Å². The molecule has 0 spiro atoms. The highest BCUT2D eigenvalue weighted by molar-refractivity contribution is 5.88. The van der Waals surface area contributed by atoms with Gasteiger partial charge in [0.15, 0.2) is 0 Å². The molecule has 0 radical (unpaired) electrons. The predicted molar refractivity (Wildman–Crippen MR) is 70.7 cm³/mol. The number of carbonyl (C=O) groups is 3. The number of likely N-dealkylation sites (N-methyl/N-ethyl adjacent to an activating group) is 1. The summed E-state index contributed by atoms with van der Waals surface area (Å²) in [6.07, 6.45) is 0.332. The third-order valence-electron chi connectivity index (χ3n) is 2.40. The van der Waals surface area contributed by atoms with Crippen LogP contribution in [0, 0.1) is 5.92 Å². The zero-order chi connectivity index (χ0) is 15.0. The highest BCUT2D eigenvalue weighted by Crippen LogP contribution is 2.04. The van der Waals surface area contributed by atoms with E-state index in [1.807, 2.05) is 13.8 Å². The van der Waals surface area contributed by atoms with Gasteiger partial charge >= 0.3 is 12.0 Å². The normalized spacial score (nSPS) is 13.5. The number of nitrogens with one attached hydrogen (secondary N) is 3. The molecule has 3 amide bonds. The zero-order valence-corrected chi connectivity index (χ0v) is 11.8. The molecule has 0 aliphatic rings. The van der Waals surface area contributed by atoms with E-state index in [0.29, 0.717) is 13.0 Å². The number of carboxylic acids is 1. The van der Waals surface area contributed by atoms with Crippen molar-refractivity contribution >= 4 is 17.9 Å². The Morgan fingerprint density at radius 2 is 1.68 bits per heavy atom. The summed E-state index contributed by atoms with van der Waals surface area (Å²) in [5, 5.41) is 16.3. The fraction of sp³-hybridized carbons (Fsp3) is 0.750. The smallest absolute Gasteiger partial charge is 0.326 e. The summed E-state index contributed by atoms with van der Waals surface area (Å²) in [4.78, 5) is 34.0. The second-order valence-corrected chi connectivity index (χ2v) is 4.75. The summed E-state index contributed by atoms with van der Waals surface area (Å²) in [5.74, 6) is -1.26. The Morgan fingerprint density at radius 1 is 1.11 bits per heavy atom. The van der Waals surface area contributed by atoms with Gasteiger partial charge in [-0.3, -0.25) is 4.79 Å². The minimum Gasteiger partial charge on any atom is -0.480 e. The molecule has 1 unspecified atom stereocenters. The fourth-order valence-electron chi connectivity index (χ4n) is 1.48. The number of carbonyl (C=O) groups excluding carboxylic acids is 2. The van der Waals surface area contributed by atoms with Crippen LogP contribution in [0.5, 0.6) is 0 Å². The van der Waals surface area contributed by atoms with Crippen molar-refractivity contribution in [1.29, 1.82) is 0 Å². The van der Waals surface area contributed by atoms with Crippen molar-refractivity contribution in [3.8, 4) is 0 Å². The van der Waals surface area contributed by atoms with Gasteiger partial charge in [0.05, 0.1) is 0 Å². The van der Waals surface area contributed by atoms with Crippen LogP contribution in [0.25, 0.3) is 0 Å². The average molecular weight is 273 g/mol. The summed E-state index contributed by atoms with van der Waals surface area (Å²) < 4.78 is 0. The van der Waals surface area contributed by atoms with Gasteiger partial charge in [-0.15, -0.1) is 0 Å². The lowest BCUT2D eigenvalue weighted by Gasteiger charge is -2.19. The predicted octanol–water partition coefficient (Wildman–Crippen LogP) is 0.310. The lowest BCUT2D eigenvalue weighted by atomic mass is 10.0. The number of hydrogen-bond acceptors (Lipinski definition) is 3. The molecule has 0 aromatic heterocycles. The first-order valence-corrected chi connectivity index (χ1v) is 6.35. The van der Waals surface area contributed by atoms with E-state index in [2.05, 4.69) is 16.0 Å². The molecule has 7 heteroatoms. The Bertz CT molecular complexity index is 331. The molecular weight excluding hydrogens is 250 g/mol. The van der Waals surface area contributed by atoms with Crippen molar-refractivity contribution in [2.24, 2.45) is 5.92 Å². The fourth-order valence-corrected chi connectivity index (χ4v) is 1.48. The van der Waals surface area contributed by atoms with Crippen molar-refractivity contribution in [3.05, 3.63) is 0 Å².